The SMILES string of the molecule is COc1ccc(Cl)c2sc(N3CCN(C(=O)c4ccc(S(=O)(=O)N5CCCCCC5)cc4)CC3)nc12. The number of rotatable bonds is 5. The fourth-order valence-electron chi connectivity index (χ4n) is 4.73. The van der Waals surface area contributed by atoms with Gasteiger partial charge in [0.15, 0.2) is 5.13 Å². The van der Waals surface area contributed by atoms with E-state index in [1.54, 1.807) is 40.6 Å². The van der Waals surface area contributed by atoms with E-state index in [0.29, 0.717) is 55.6 Å². The minimum absolute atomic E-state index is 0.0950. The molecule has 0 spiro atoms. The molecule has 1 aromatic heterocycles. The van der Waals surface area contributed by atoms with Crippen molar-refractivity contribution >= 4 is 54.2 Å². The Hall–Kier alpha value is -2.40. The fourth-order valence-corrected chi connectivity index (χ4v) is 7.55. The van der Waals surface area contributed by atoms with Crippen LogP contribution in [-0.2, 0) is 10.0 Å². The standard InChI is InChI=1S/C25H29ClN4O4S2/c1-34-21-11-10-20(26)23-22(21)27-25(35-23)29-16-14-28(15-17-29)24(31)18-6-8-19(9-7-18)36(32,33)30-12-4-2-3-5-13-30/h6-11H,2-5,12-17H2,1H3. The minimum atomic E-state index is -3.53. The Morgan fingerprint density at radius 2 is 1.61 bits per heavy atom. The van der Waals surface area contributed by atoms with Crippen LogP contribution >= 0.6 is 22.9 Å². The zero-order valence-corrected chi connectivity index (χ0v) is 22.5. The van der Waals surface area contributed by atoms with Crippen molar-refractivity contribution in [3.63, 3.8) is 0 Å². The van der Waals surface area contributed by atoms with Crippen LogP contribution in [0.4, 0.5) is 5.13 Å². The highest BCUT2D eigenvalue weighted by Gasteiger charge is 2.27. The maximum Gasteiger partial charge on any atom is 0.253 e. The molecule has 192 valence electrons. The van der Waals surface area contributed by atoms with E-state index in [1.807, 2.05) is 12.1 Å². The van der Waals surface area contributed by atoms with E-state index >= 15 is 0 Å². The number of carbonyl (C=O) groups excluding carboxylic acids is 1. The Bertz CT molecular complexity index is 1340. The molecule has 2 aliphatic rings. The van der Waals surface area contributed by atoms with E-state index in [9.17, 15) is 13.2 Å². The lowest BCUT2D eigenvalue weighted by molar-refractivity contribution is 0.0746. The highest BCUT2D eigenvalue weighted by molar-refractivity contribution is 7.89. The molecule has 0 saturated carbocycles. The van der Waals surface area contributed by atoms with Crippen molar-refractivity contribution in [1.82, 2.24) is 14.2 Å². The number of benzene rings is 2. The van der Waals surface area contributed by atoms with E-state index in [4.69, 9.17) is 21.3 Å². The number of ether oxygens (including phenoxy) is 1. The van der Waals surface area contributed by atoms with Gasteiger partial charge in [0.05, 0.1) is 21.7 Å². The Balaban J connectivity index is 1.24. The van der Waals surface area contributed by atoms with Crippen molar-refractivity contribution in [2.24, 2.45) is 0 Å². The summed E-state index contributed by atoms with van der Waals surface area (Å²) in [7, 11) is -1.92. The smallest absolute Gasteiger partial charge is 0.253 e. The summed E-state index contributed by atoms with van der Waals surface area (Å²) in [6.07, 6.45) is 3.90. The fraction of sp³-hybridized carbons (Fsp3) is 0.440. The molecule has 2 saturated heterocycles. The number of fused-ring (bicyclic) bond motifs is 1. The Labute approximate surface area is 220 Å². The number of nitrogens with zero attached hydrogens (tertiary/aromatic N) is 4. The van der Waals surface area contributed by atoms with Crippen molar-refractivity contribution in [1.29, 1.82) is 0 Å². The molecule has 36 heavy (non-hydrogen) atoms. The van der Waals surface area contributed by atoms with Crippen LogP contribution in [0.2, 0.25) is 5.02 Å². The van der Waals surface area contributed by atoms with Gasteiger partial charge in [-0.1, -0.05) is 35.8 Å². The molecular weight excluding hydrogens is 520 g/mol. The second kappa shape index (κ2) is 10.5. The average molecular weight is 549 g/mol. The molecule has 1 amide bonds. The molecule has 0 atom stereocenters. The number of methoxy groups -OCH3 is 1. The lowest BCUT2D eigenvalue weighted by Gasteiger charge is -2.34. The molecule has 2 fully saturated rings. The Morgan fingerprint density at radius 3 is 2.25 bits per heavy atom. The second-order valence-corrected chi connectivity index (χ2v) is 12.4. The predicted molar refractivity (Wildman–Crippen MR) is 143 cm³/mol. The number of halogens is 1. The van der Waals surface area contributed by atoms with E-state index in [-0.39, 0.29) is 10.8 Å². The van der Waals surface area contributed by atoms with Crippen LogP contribution < -0.4 is 9.64 Å². The summed E-state index contributed by atoms with van der Waals surface area (Å²) in [4.78, 5) is 22.1. The number of hydrogen-bond acceptors (Lipinski definition) is 7. The lowest BCUT2D eigenvalue weighted by atomic mass is 10.2. The minimum Gasteiger partial charge on any atom is -0.494 e. The number of carbonyl (C=O) groups is 1. The third kappa shape index (κ3) is 4.91. The van der Waals surface area contributed by atoms with Crippen molar-refractivity contribution in [3.05, 3.63) is 47.0 Å². The van der Waals surface area contributed by atoms with Gasteiger partial charge in [0.25, 0.3) is 5.91 Å². The first-order valence-electron chi connectivity index (χ1n) is 12.2. The average Bonchev–Trinajstić information content (AvgIpc) is 3.17. The topological polar surface area (TPSA) is 83.0 Å². The van der Waals surface area contributed by atoms with Crippen LogP contribution in [0.1, 0.15) is 36.0 Å². The molecule has 3 aromatic rings. The van der Waals surface area contributed by atoms with Gasteiger partial charge >= 0.3 is 0 Å². The molecule has 2 aliphatic heterocycles. The van der Waals surface area contributed by atoms with Crippen LogP contribution in [-0.4, -0.2) is 74.9 Å². The monoisotopic (exact) mass is 548 g/mol. The maximum absolute atomic E-state index is 13.1. The van der Waals surface area contributed by atoms with E-state index in [0.717, 1.165) is 41.0 Å². The Kier molecular flexibility index (Phi) is 7.39. The van der Waals surface area contributed by atoms with Crippen LogP contribution in [0.25, 0.3) is 10.2 Å². The molecule has 0 aliphatic carbocycles. The van der Waals surface area contributed by atoms with Crippen LogP contribution in [0.15, 0.2) is 41.3 Å². The van der Waals surface area contributed by atoms with Gasteiger partial charge in [-0.15, -0.1) is 0 Å². The molecule has 2 aromatic carbocycles. The summed E-state index contributed by atoms with van der Waals surface area (Å²) in [6, 6.07) is 9.99. The first-order chi connectivity index (χ1) is 17.4. The van der Waals surface area contributed by atoms with E-state index < -0.39 is 10.0 Å². The summed E-state index contributed by atoms with van der Waals surface area (Å²) >= 11 is 7.89. The van der Waals surface area contributed by atoms with Crippen molar-refractivity contribution in [2.45, 2.75) is 30.6 Å². The summed E-state index contributed by atoms with van der Waals surface area (Å²) in [5.74, 6) is 0.592. The number of hydrogen-bond donors (Lipinski definition) is 0. The molecule has 0 N–H and O–H groups in total. The zero-order chi connectivity index (χ0) is 25.3. The number of amides is 1. The maximum atomic E-state index is 13.1. The first kappa shape index (κ1) is 25.3. The second-order valence-electron chi connectivity index (χ2n) is 9.05. The number of aromatic nitrogens is 1. The highest BCUT2D eigenvalue weighted by Crippen LogP contribution is 2.39. The van der Waals surface area contributed by atoms with Gasteiger partial charge in [0.2, 0.25) is 10.0 Å². The quantitative estimate of drug-likeness (QED) is 0.467. The molecule has 11 heteroatoms. The number of sulfonamides is 1. The molecule has 0 unspecified atom stereocenters. The van der Waals surface area contributed by atoms with Gasteiger partial charge in [0.1, 0.15) is 11.3 Å². The number of thiazole rings is 1. The lowest BCUT2D eigenvalue weighted by Crippen LogP contribution is -2.48. The summed E-state index contributed by atoms with van der Waals surface area (Å²) in [5.41, 5.74) is 1.24. The van der Waals surface area contributed by atoms with Gasteiger partial charge < -0.3 is 14.5 Å². The number of anilines is 1. The normalized spacial score (nSPS) is 17.8. The third-order valence-electron chi connectivity index (χ3n) is 6.81. The van der Waals surface area contributed by atoms with E-state index in [1.165, 1.54) is 11.3 Å². The summed E-state index contributed by atoms with van der Waals surface area (Å²) < 4.78 is 33.9. The molecule has 5 rings (SSSR count). The Morgan fingerprint density at radius 1 is 0.944 bits per heavy atom. The van der Waals surface area contributed by atoms with Gasteiger partial charge in [-0.3, -0.25) is 4.79 Å². The molecular formula is C25H29ClN4O4S2. The van der Waals surface area contributed by atoms with Crippen molar-refractivity contribution < 1.29 is 17.9 Å². The van der Waals surface area contributed by atoms with Crippen LogP contribution in [0.5, 0.6) is 5.75 Å². The van der Waals surface area contributed by atoms with Crippen LogP contribution in [0.3, 0.4) is 0 Å². The molecule has 3 heterocycles. The van der Waals surface area contributed by atoms with Crippen molar-refractivity contribution in [3.8, 4) is 5.75 Å². The van der Waals surface area contributed by atoms with Crippen LogP contribution in [0, 0.1) is 0 Å². The molecule has 8 nitrogen and oxygen atoms in total. The van der Waals surface area contributed by atoms with E-state index in [2.05, 4.69) is 4.90 Å². The first-order valence-corrected chi connectivity index (χ1v) is 14.8. The summed E-state index contributed by atoms with van der Waals surface area (Å²) in [6.45, 7) is 3.50. The highest BCUT2D eigenvalue weighted by atomic mass is 35.5. The van der Waals surface area contributed by atoms with Gasteiger partial charge in [-0.2, -0.15) is 4.31 Å². The third-order valence-corrected chi connectivity index (χ3v) is 10.3. The number of piperazine rings is 1. The molecule has 0 radical (unpaired) electrons. The van der Waals surface area contributed by atoms with Gasteiger partial charge in [-0.05, 0) is 49.2 Å². The summed E-state index contributed by atoms with van der Waals surface area (Å²) in [5, 5.41) is 1.50. The van der Waals surface area contributed by atoms with Crippen molar-refractivity contribution in [2.75, 3.05) is 51.3 Å². The predicted octanol–water partition coefficient (Wildman–Crippen LogP) is 4.49. The molecule has 0 bridgehead atoms. The zero-order valence-electron chi connectivity index (χ0n) is 20.2. The van der Waals surface area contributed by atoms with Gasteiger partial charge in [-0.25, -0.2) is 13.4 Å². The largest absolute Gasteiger partial charge is 0.494 e. The van der Waals surface area contributed by atoms with Gasteiger partial charge in [0, 0.05) is 44.8 Å².